The molecular weight excluding hydrogens is 192 g/mol. The van der Waals surface area contributed by atoms with Gasteiger partial charge in [0, 0.05) is 18.7 Å². The van der Waals surface area contributed by atoms with Gasteiger partial charge in [-0.1, -0.05) is 0 Å². The van der Waals surface area contributed by atoms with Crippen LogP contribution in [0.25, 0.3) is 0 Å². The predicted molar refractivity (Wildman–Crippen MR) is 59.8 cm³/mol. The van der Waals surface area contributed by atoms with Gasteiger partial charge in [0.1, 0.15) is 6.61 Å². The van der Waals surface area contributed by atoms with E-state index in [9.17, 15) is 4.79 Å². The molecule has 0 aliphatic heterocycles. The number of carbonyl (C=O) groups is 1. The van der Waals surface area contributed by atoms with Crippen molar-refractivity contribution in [3.63, 3.8) is 0 Å². The Balaban J connectivity index is 2.25. The molecule has 1 rings (SSSR count). The highest BCUT2D eigenvalue weighted by atomic mass is 16.5. The van der Waals surface area contributed by atoms with E-state index in [1.165, 1.54) is 19.3 Å². The van der Waals surface area contributed by atoms with E-state index < -0.39 is 0 Å². The normalized spacial score (nSPS) is 18.7. The summed E-state index contributed by atoms with van der Waals surface area (Å²) in [4.78, 5) is 13.6. The van der Waals surface area contributed by atoms with Crippen LogP contribution in [0, 0.1) is 0 Å². The van der Waals surface area contributed by atoms with E-state index in [0.717, 1.165) is 6.54 Å². The first kappa shape index (κ1) is 12.5. The molecule has 0 bridgehead atoms. The van der Waals surface area contributed by atoms with Crippen molar-refractivity contribution in [3.05, 3.63) is 0 Å². The van der Waals surface area contributed by atoms with Gasteiger partial charge in [-0.3, -0.25) is 4.79 Å². The Morgan fingerprint density at radius 2 is 2.13 bits per heavy atom. The van der Waals surface area contributed by atoms with Gasteiger partial charge in [-0.15, -0.1) is 0 Å². The van der Waals surface area contributed by atoms with Gasteiger partial charge in [0.15, 0.2) is 0 Å². The summed E-state index contributed by atoms with van der Waals surface area (Å²) in [6, 6.07) is 0. The maximum absolute atomic E-state index is 11.4. The van der Waals surface area contributed by atoms with E-state index in [-0.39, 0.29) is 18.1 Å². The highest BCUT2D eigenvalue weighted by Gasteiger charge is 2.38. The second-order valence-corrected chi connectivity index (χ2v) is 4.39. The average Bonchev–Trinajstić information content (AvgIpc) is 2.12. The lowest BCUT2D eigenvalue weighted by Crippen LogP contribution is -2.57. The second-order valence-electron chi connectivity index (χ2n) is 4.39. The zero-order valence-corrected chi connectivity index (χ0v) is 10.0. The Morgan fingerprint density at radius 3 is 2.53 bits per heavy atom. The van der Waals surface area contributed by atoms with Crippen molar-refractivity contribution in [2.75, 3.05) is 33.9 Å². The Bertz CT molecular complexity index is 213. The second kappa shape index (κ2) is 5.47. The van der Waals surface area contributed by atoms with E-state index in [2.05, 4.69) is 24.3 Å². The van der Waals surface area contributed by atoms with E-state index in [4.69, 9.17) is 4.74 Å². The molecule has 0 atom stereocenters. The molecule has 0 unspecified atom stereocenters. The molecule has 1 fully saturated rings. The molecule has 1 aliphatic carbocycles. The van der Waals surface area contributed by atoms with Gasteiger partial charge in [0.25, 0.3) is 0 Å². The lowest BCUT2D eigenvalue weighted by molar-refractivity contribution is -0.126. The van der Waals surface area contributed by atoms with Crippen LogP contribution in [-0.4, -0.2) is 50.2 Å². The number of ether oxygens (including phenoxy) is 1. The minimum Gasteiger partial charge on any atom is -0.372 e. The summed E-state index contributed by atoms with van der Waals surface area (Å²) in [6.07, 6.45) is 3.61. The van der Waals surface area contributed by atoms with Gasteiger partial charge >= 0.3 is 0 Å². The molecule has 1 aliphatic rings. The molecule has 0 radical (unpaired) electrons. The van der Waals surface area contributed by atoms with E-state index in [1.54, 1.807) is 0 Å². The molecular formula is C11H22N2O2. The fourth-order valence-electron chi connectivity index (χ4n) is 1.88. The van der Waals surface area contributed by atoms with Crippen molar-refractivity contribution >= 4 is 5.91 Å². The van der Waals surface area contributed by atoms with Crippen LogP contribution in [0.3, 0.4) is 0 Å². The fraction of sp³-hybridized carbons (Fsp3) is 0.909. The number of hydrogen-bond acceptors (Lipinski definition) is 3. The van der Waals surface area contributed by atoms with Crippen LogP contribution in [-0.2, 0) is 9.53 Å². The van der Waals surface area contributed by atoms with Crippen LogP contribution in [0.15, 0.2) is 0 Å². The van der Waals surface area contributed by atoms with Crippen molar-refractivity contribution < 1.29 is 9.53 Å². The molecule has 0 aromatic carbocycles. The van der Waals surface area contributed by atoms with Crippen molar-refractivity contribution in [2.24, 2.45) is 0 Å². The summed E-state index contributed by atoms with van der Waals surface area (Å²) >= 11 is 0. The number of nitrogens with one attached hydrogen (secondary N) is 1. The number of amides is 1. The zero-order chi connectivity index (χ0) is 11.3. The zero-order valence-electron chi connectivity index (χ0n) is 10.0. The first-order valence-corrected chi connectivity index (χ1v) is 5.62. The van der Waals surface area contributed by atoms with Gasteiger partial charge in [-0.05, 0) is 40.3 Å². The van der Waals surface area contributed by atoms with Crippen molar-refractivity contribution in [3.8, 4) is 0 Å². The van der Waals surface area contributed by atoms with Crippen LogP contribution >= 0.6 is 0 Å². The summed E-state index contributed by atoms with van der Waals surface area (Å²) in [5, 5.41) is 2.94. The molecule has 0 saturated heterocycles. The molecule has 1 N–H and O–H groups in total. The average molecular weight is 214 g/mol. The van der Waals surface area contributed by atoms with Crippen molar-refractivity contribution in [2.45, 2.75) is 31.7 Å². The number of likely N-dealkylation sites (N-methyl/N-ethyl adjacent to an activating group) is 1. The minimum absolute atomic E-state index is 0.00928. The molecule has 4 heteroatoms. The molecule has 0 heterocycles. The first-order chi connectivity index (χ1) is 7.10. The molecule has 1 saturated carbocycles. The lowest BCUT2D eigenvalue weighted by Gasteiger charge is -2.47. The van der Waals surface area contributed by atoms with E-state index >= 15 is 0 Å². The third kappa shape index (κ3) is 3.18. The van der Waals surface area contributed by atoms with Crippen molar-refractivity contribution in [1.82, 2.24) is 10.2 Å². The van der Waals surface area contributed by atoms with Crippen LogP contribution in [0.5, 0.6) is 0 Å². The summed E-state index contributed by atoms with van der Waals surface area (Å²) in [6.45, 7) is 3.40. The maximum Gasteiger partial charge on any atom is 0.246 e. The molecule has 15 heavy (non-hydrogen) atoms. The number of rotatable bonds is 6. The van der Waals surface area contributed by atoms with Gasteiger partial charge in [-0.25, -0.2) is 0 Å². The van der Waals surface area contributed by atoms with E-state index in [0.29, 0.717) is 6.61 Å². The molecule has 0 aromatic heterocycles. The van der Waals surface area contributed by atoms with Gasteiger partial charge < -0.3 is 15.0 Å². The van der Waals surface area contributed by atoms with Crippen LogP contribution in [0.4, 0.5) is 0 Å². The quantitative estimate of drug-likeness (QED) is 0.705. The third-order valence-electron chi connectivity index (χ3n) is 3.28. The number of carbonyl (C=O) groups excluding carboxylic acids is 1. The maximum atomic E-state index is 11.4. The number of nitrogens with zero attached hydrogens (tertiary/aromatic N) is 1. The predicted octanol–water partition coefficient (Wildman–Crippen LogP) is 0.623. The van der Waals surface area contributed by atoms with Gasteiger partial charge in [0.2, 0.25) is 5.91 Å². The molecule has 1 amide bonds. The summed E-state index contributed by atoms with van der Waals surface area (Å²) < 4.78 is 5.05. The molecule has 0 spiro atoms. The first-order valence-electron chi connectivity index (χ1n) is 5.62. The minimum atomic E-state index is -0.00928. The Hall–Kier alpha value is -0.610. The topological polar surface area (TPSA) is 41.6 Å². The Morgan fingerprint density at radius 1 is 1.47 bits per heavy atom. The highest BCUT2D eigenvalue weighted by molar-refractivity contribution is 5.77. The Kier molecular flexibility index (Phi) is 4.54. The standard InChI is InChI=1S/C11H22N2O2/c1-4-15-8-10(14)12-9-11(13(2)3)6-5-7-11/h4-9H2,1-3H3,(H,12,14). The monoisotopic (exact) mass is 214 g/mol. The smallest absolute Gasteiger partial charge is 0.246 e. The Labute approximate surface area is 92.0 Å². The lowest BCUT2D eigenvalue weighted by atomic mass is 9.75. The van der Waals surface area contributed by atoms with Gasteiger partial charge in [0.05, 0.1) is 0 Å². The molecule has 88 valence electrons. The SMILES string of the molecule is CCOCC(=O)NCC1(N(C)C)CCC1. The van der Waals surface area contributed by atoms with E-state index in [1.807, 2.05) is 6.92 Å². The van der Waals surface area contributed by atoms with Crippen LogP contribution in [0.1, 0.15) is 26.2 Å². The van der Waals surface area contributed by atoms with Crippen molar-refractivity contribution in [1.29, 1.82) is 0 Å². The molecule has 0 aromatic rings. The summed E-state index contributed by atoms with van der Waals surface area (Å²) in [5.74, 6) is -0.00928. The van der Waals surface area contributed by atoms with Crippen LogP contribution < -0.4 is 5.32 Å². The highest BCUT2D eigenvalue weighted by Crippen LogP contribution is 2.35. The fourth-order valence-corrected chi connectivity index (χ4v) is 1.88. The largest absolute Gasteiger partial charge is 0.372 e. The number of hydrogen-bond donors (Lipinski definition) is 1. The van der Waals surface area contributed by atoms with Crippen LogP contribution in [0.2, 0.25) is 0 Å². The van der Waals surface area contributed by atoms with Gasteiger partial charge in [-0.2, -0.15) is 0 Å². The third-order valence-corrected chi connectivity index (χ3v) is 3.28. The summed E-state index contributed by atoms with van der Waals surface area (Å²) in [5.41, 5.74) is 0.196. The molecule has 4 nitrogen and oxygen atoms in total. The summed E-state index contributed by atoms with van der Waals surface area (Å²) in [7, 11) is 4.15.